The first kappa shape index (κ1) is 24.0. The van der Waals surface area contributed by atoms with Crippen LogP contribution in [0.5, 0.6) is 11.5 Å². The Hall–Kier alpha value is -3.11. The van der Waals surface area contributed by atoms with Gasteiger partial charge >= 0.3 is 0 Å². The van der Waals surface area contributed by atoms with E-state index in [1.54, 1.807) is 13.3 Å². The van der Waals surface area contributed by atoms with E-state index < -0.39 is 0 Å². The number of methoxy groups -OCH3 is 1. The van der Waals surface area contributed by atoms with Gasteiger partial charge in [-0.3, -0.25) is 9.89 Å². The predicted molar refractivity (Wildman–Crippen MR) is 142 cm³/mol. The zero-order valence-corrected chi connectivity index (χ0v) is 20.8. The molecule has 0 bridgehead atoms. The summed E-state index contributed by atoms with van der Waals surface area (Å²) >= 11 is 0. The molecule has 1 aliphatic rings. The van der Waals surface area contributed by atoms with Gasteiger partial charge in [-0.25, -0.2) is 0 Å². The van der Waals surface area contributed by atoms with Gasteiger partial charge in [-0.05, 0) is 55.1 Å². The van der Waals surface area contributed by atoms with Crippen LogP contribution in [0.4, 0.5) is 5.69 Å². The highest BCUT2D eigenvalue weighted by atomic mass is 16.5. The Morgan fingerprint density at radius 1 is 0.941 bits per heavy atom. The van der Waals surface area contributed by atoms with E-state index in [2.05, 4.69) is 43.9 Å². The average molecular weight is 457 g/mol. The van der Waals surface area contributed by atoms with Gasteiger partial charge in [-0.15, -0.1) is 0 Å². The average Bonchev–Trinajstić information content (AvgIpc) is 2.84. The lowest BCUT2D eigenvalue weighted by Crippen LogP contribution is -2.29. The number of rotatable bonds is 6. The number of nitrogens with zero attached hydrogens (tertiary/aromatic N) is 2. The highest BCUT2D eigenvalue weighted by molar-refractivity contribution is 5.89. The molecule has 4 nitrogen and oxygen atoms in total. The van der Waals surface area contributed by atoms with E-state index >= 15 is 0 Å². The van der Waals surface area contributed by atoms with Gasteiger partial charge < -0.3 is 9.84 Å². The summed E-state index contributed by atoms with van der Waals surface area (Å²) in [6, 6.07) is 20.3. The summed E-state index contributed by atoms with van der Waals surface area (Å²) < 4.78 is 5.58. The third-order valence-electron chi connectivity index (χ3n) is 6.57. The number of phenols is 1. The van der Waals surface area contributed by atoms with Crippen molar-refractivity contribution < 1.29 is 9.84 Å². The maximum atomic E-state index is 11.2. The fraction of sp³-hybridized carbons (Fsp3) is 0.367. The van der Waals surface area contributed by atoms with Crippen molar-refractivity contribution in [3.05, 3.63) is 77.4 Å². The molecule has 0 spiro atoms. The Kier molecular flexibility index (Phi) is 7.38. The molecule has 178 valence electrons. The van der Waals surface area contributed by atoms with Crippen molar-refractivity contribution in [2.45, 2.75) is 52.0 Å². The van der Waals surface area contributed by atoms with Crippen LogP contribution in [0.1, 0.15) is 56.7 Å². The first-order chi connectivity index (χ1) is 16.4. The Bertz CT molecular complexity index is 1150. The fourth-order valence-corrected chi connectivity index (χ4v) is 4.55. The smallest absolute Gasteiger partial charge is 0.128 e. The van der Waals surface area contributed by atoms with Crippen LogP contribution in [-0.4, -0.2) is 36.4 Å². The van der Waals surface area contributed by atoms with Crippen LogP contribution in [0, 0.1) is 0 Å². The molecule has 1 heterocycles. The van der Waals surface area contributed by atoms with E-state index in [1.165, 1.54) is 24.8 Å². The molecule has 0 unspecified atom stereocenters. The van der Waals surface area contributed by atoms with Crippen molar-refractivity contribution in [3.63, 3.8) is 0 Å². The number of para-hydroxylation sites is 2. The molecule has 4 heteroatoms. The van der Waals surface area contributed by atoms with Gasteiger partial charge in [0.1, 0.15) is 11.5 Å². The van der Waals surface area contributed by atoms with Crippen molar-refractivity contribution in [2.75, 3.05) is 20.2 Å². The normalized spacial score (nSPS) is 15.1. The quantitative estimate of drug-likeness (QED) is 0.402. The number of hydrogen-bond donors (Lipinski definition) is 1. The molecule has 0 saturated carbocycles. The van der Waals surface area contributed by atoms with Crippen LogP contribution in [0.15, 0.2) is 65.7 Å². The summed E-state index contributed by atoms with van der Waals surface area (Å²) in [6.07, 6.45) is 5.56. The summed E-state index contributed by atoms with van der Waals surface area (Å²) in [5, 5.41) is 11.2. The van der Waals surface area contributed by atoms with E-state index in [0.29, 0.717) is 5.75 Å². The predicted octanol–water partition coefficient (Wildman–Crippen LogP) is 7.10. The number of piperidine rings is 1. The van der Waals surface area contributed by atoms with E-state index in [4.69, 9.17) is 9.73 Å². The molecule has 1 fully saturated rings. The van der Waals surface area contributed by atoms with Crippen molar-refractivity contribution >= 4 is 11.9 Å². The van der Waals surface area contributed by atoms with Crippen molar-refractivity contribution in [2.24, 2.45) is 4.99 Å². The summed E-state index contributed by atoms with van der Waals surface area (Å²) in [6.45, 7) is 9.59. The van der Waals surface area contributed by atoms with E-state index in [1.807, 2.05) is 42.5 Å². The summed E-state index contributed by atoms with van der Waals surface area (Å²) in [5.74, 6) is 1.14. The first-order valence-electron chi connectivity index (χ1n) is 12.2. The molecule has 0 aromatic heterocycles. The monoisotopic (exact) mass is 456 g/mol. The minimum atomic E-state index is -0.0255. The minimum absolute atomic E-state index is 0.0255. The maximum absolute atomic E-state index is 11.2. The molecule has 34 heavy (non-hydrogen) atoms. The van der Waals surface area contributed by atoms with Crippen LogP contribution in [-0.2, 0) is 12.0 Å². The van der Waals surface area contributed by atoms with Gasteiger partial charge in [0.2, 0.25) is 0 Å². The maximum Gasteiger partial charge on any atom is 0.128 e. The van der Waals surface area contributed by atoms with Gasteiger partial charge in [-0.2, -0.15) is 0 Å². The number of benzene rings is 3. The number of aliphatic imine (C=N–C) groups is 1. The Morgan fingerprint density at radius 3 is 2.32 bits per heavy atom. The molecular formula is C30H36N2O2. The fourth-order valence-electron chi connectivity index (χ4n) is 4.55. The second-order valence-corrected chi connectivity index (χ2v) is 10.1. The molecule has 3 aromatic carbocycles. The van der Waals surface area contributed by atoms with Crippen molar-refractivity contribution in [1.82, 2.24) is 4.90 Å². The molecule has 1 aliphatic heterocycles. The SMILES string of the molecule is COc1ccccc1-c1ccccc1N=Cc1cc(C(C)(C)C)cc(CN2CCCCC2)c1O. The highest BCUT2D eigenvalue weighted by Crippen LogP contribution is 2.37. The lowest BCUT2D eigenvalue weighted by atomic mass is 9.84. The van der Waals surface area contributed by atoms with E-state index in [9.17, 15) is 5.11 Å². The number of hydrogen-bond acceptors (Lipinski definition) is 4. The molecule has 0 radical (unpaired) electrons. The van der Waals surface area contributed by atoms with Crippen LogP contribution in [0.2, 0.25) is 0 Å². The lowest BCUT2D eigenvalue weighted by Gasteiger charge is -2.28. The van der Waals surface area contributed by atoms with Gasteiger partial charge in [0.25, 0.3) is 0 Å². The van der Waals surface area contributed by atoms with Crippen molar-refractivity contribution in [3.8, 4) is 22.6 Å². The van der Waals surface area contributed by atoms with Crippen LogP contribution in [0.3, 0.4) is 0 Å². The van der Waals surface area contributed by atoms with Crippen LogP contribution >= 0.6 is 0 Å². The highest BCUT2D eigenvalue weighted by Gasteiger charge is 2.20. The van der Waals surface area contributed by atoms with E-state index in [0.717, 1.165) is 53.3 Å². The second-order valence-electron chi connectivity index (χ2n) is 10.1. The lowest BCUT2D eigenvalue weighted by molar-refractivity contribution is 0.218. The minimum Gasteiger partial charge on any atom is -0.507 e. The summed E-state index contributed by atoms with van der Waals surface area (Å²) in [7, 11) is 1.69. The standard InChI is InChI=1S/C30H36N2O2/c1-30(2,3)24-18-22(29(33)23(19-24)21-32-16-10-5-11-17-32)20-31-27-14-8-6-12-25(27)26-13-7-9-15-28(26)34-4/h6-9,12-15,18-20,33H,5,10-11,16-17,21H2,1-4H3. The Morgan fingerprint density at radius 2 is 1.62 bits per heavy atom. The number of aromatic hydroxyl groups is 1. The van der Waals surface area contributed by atoms with Crippen molar-refractivity contribution in [1.29, 1.82) is 0 Å². The molecule has 1 N–H and O–H groups in total. The van der Waals surface area contributed by atoms with E-state index in [-0.39, 0.29) is 5.41 Å². The molecular weight excluding hydrogens is 420 g/mol. The summed E-state index contributed by atoms with van der Waals surface area (Å²) in [4.78, 5) is 7.29. The van der Waals surface area contributed by atoms with Gasteiger partial charge in [0, 0.05) is 35.0 Å². The zero-order chi connectivity index (χ0) is 24.1. The van der Waals surface area contributed by atoms with Gasteiger partial charge in [0.15, 0.2) is 0 Å². The topological polar surface area (TPSA) is 45.1 Å². The third kappa shape index (κ3) is 5.51. The number of likely N-dealkylation sites (tertiary alicyclic amines) is 1. The zero-order valence-electron chi connectivity index (χ0n) is 20.8. The van der Waals surface area contributed by atoms with Gasteiger partial charge in [0.05, 0.1) is 12.8 Å². The van der Waals surface area contributed by atoms with Crippen LogP contribution < -0.4 is 4.74 Å². The Balaban J connectivity index is 1.73. The molecule has 3 aromatic rings. The molecule has 1 saturated heterocycles. The number of phenolic OH excluding ortho intramolecular Hbond substituents is 1. The molecule has 0 aliphatic carbocycles. The second kappa shape index (κ2) is 10.4. The summed E-state index contributed by atoms with van der Waals surface area (Å²) in [5.41, 5.74) is 5.75. The first-order valence-corrected chi connectivity index (χ1v) is 12.2. The molecule has 0 atom stereocenters. The molecule has 4 rings (SSSR count). The number of ether oxygens (including phenoxy) is 1. The largest absolute Gasteiger partial charge is 0.507 e. The van der Waals surface area contributed by atoms with Gasteiger partial charge in [-0.1, -0.05) is 69.7 Å². The Labute approximate surface area is 203 Å². The molecule has 0 amide bonds. The van der Waals surface area contributed by atoms with Crippen LogP contribution in [0.25, 0.3) is 11.1 Å². The third-order valence-corrected chi connectivity index (χ3v) is 6.57.